The van der Waals surface area contributed by atoms with Crippen molar-refractivity contribution in [1.82, 2.24) is 9.62 Å². The van der Waals surface area contributed by atoms with Crippen molar-refractivity contribution in [2.45, 2.75) is 64.9 Å². The summed E-state index contributed by atoms with van der Waals surface area (Å²) in [6.45, 7) is 9.32. The molecule has 7 heteroatoms. The number of hydrogen-bond donors (Lipinski definition) is 1. The molecule has 0 aliphatic carbocycles. The number of nitrogens with one attached hydrogen (secondary N) is 1. The number of sulfonamides is 1. The molecule has 30 heavy (non-hydrogen) atoms. The lowest BCUT2D eigenvalue weighted by Gasteiger charge is -2.25. The van der Waals surface area contributed by atoms with E-state index < -0.39 is 10.0 Å². The summed E-state index contributed by atoms with van der Waals surface area (Å²) in [5, 5.41) is 3.48. The van der Waals surface area contributed by atoms with Crippen LogP contribution in [0.1, 0.15) is 48.9 Å². The van der Waals surface area contributed by atoms with E-state index in [9.17, 15) is 13.2 Å². The predicted octanol–water partition coefficient (Wildman–Crippen LogP) is 4.76. The zero-order valence-electron chi connectivity index (χ0n) is 18.3. The second-order valence-corrected chi connectivity index (χ2v) is 10.2. The van der Waals surface area contributed by atoms with Crippen LogP contribution in [0.3, 0.4) is 0 Å². The van der Waals surface area contributed by atoms with Crippen molar-refractivity contribution in [2.24, 2.45) is 0 Å². The number of rotatable bonds is 9. The van der Waals surface area contributed by atoms with Gasteiger partial charge in [-0.15, -0.1) is 0 Å². The molecule has 1 amide bonds. The van der Waals surface area contributed by atoms with Crippen molar-refractivity contribution >= 4 is 27.5 Å². The van der Waals surface area contributed by atoms with Crippen LogP contribution in [0.15, 0.2) is 41.3 Å². The third-order valence-electron chi connectivity index (χ3n) is 4.92. The first-order chi connectivity index (χ1) is 14.0. The maximum Gasteiger partial charge on any atom is 0.244 e. The normalized spacial score (nSPS) is 12.8. The molecule has 0 aliphatic heterocycles. The minimum atomic E-state index is -3.89. The van der Waals surface area contributed by atoms with Crippen LogP contribution in [0.5, 0.6) is 0 Å². The van der Waals surface area contributed by atoms with E-state index in [1.54, 1.807) is 38.1 Å². The predicted molar refractivity (Wildman–Crippen MR) is 122 cm³/mol. The van der Waals surface area contributed by atoms with Crippen LogP contribution in [-0.2, 0) is 21.4 Å². The van der Waals surface area contributed by atoms with Gasteiger partial charge in [0.25, 0.3) is 0 Å². The fraction of sp³-hybridized carbons (Fsp3) is 0.435. The van der Waals surface area contributed by atoms with E-state index in [0.29, 0.717) is 16.1 Å². The number of nitrogens with zero attached hydrogens (tertiary/aromatic N) is 1. The summed E-state index contributed by atoms with van der Waals surface area (Å²) < 4.78 is 28.5. The SMILES string of the molecule is CCC[C@@H](C)NC(=O)CN(Cc1ccc(Cl)cc1)S(=O)(=O)c1c(C)cc(C)cc1C. The summed E-state index contributed by atoms with van der Waals surface area (Å²) in [7, 11) is -3.89. The van der Waals surface area contributed by atoms with Gasteiger partial charge in [0, 0.05) is 17.6 Å². The molecular formula is C23H31ClN2O3S. The van der Waals surface area contributed by atoms with Gasteiger partial charge >= 0.3 is 0 Å². The van der Waals surface area contributed by atoms with Crippen molar-refractivity contribution < 1.29 is 13.2 Å². The fourth-order valence-electron chi connectivity index (χ4n) is 3.71. The van der Waals surface area contributed by atoms with Crippen molar-refractivity contribution in [2.75, 3.05) is 6.54 Å². The van der Waals surface area contributed by atoms with Gasteiger partial charge in [0.15, 0.2) is 0 Å². The van der Waals surface area contributed by atoms with E-state index in [4.69, 9.17) is 11.6 Å². The summed E-state index contributed by atoms with van der Waals surface area (Å²) in [4.78, 5) is 12.9. The molecule has 5 nitrogen and oxygen atoms in total. The van der Waals surface area contributed by atoms with Crippen molar-refractivity contribution in [1.29, 1.82) is 0 Å². The number of carbonyl (C=O) groups is 1. The van der Waals surface area contributed by atoms with Crippen molar-refractivity contribution in [3.63, 3.8) is 0 Å². The molecule has 0 saturated heterocycles. The largest absolute Gasteiger partial charge is 0.353 e. The van der Waals surface area contributed by atoms with Gasteiger partial charge in [-0.05, 0) is 62.9 Å². The van der Waals surface area contributed by atoms with Gasteiger partial charge in [0.2, 0.25) is 15.9 Å². The number of halogens is 1. The highest BCUT2D eigenvalue weighted by Crippen LogP contribution is 2.26. The number of hydrogen-bond acceptors (Lipinski definition) is 3. The van der Waals surface area contributed by atoms with Crippen LogP contribution < -0.4 is 5.32 Å². The lowest BCUT2D eigenvalue weighted by atomic mass is 10.1. The van der Waals surface area contributed by atoms with E-state index >= 15 is 0 Å². The number of aryl methyl sites for hydroxylation is 3. The molecular weight excluding hydrogens is 420 g/mol. The molecule has 2 aromatic carbocycles. The highest BCUT2D eigenvalue weighted by molar-refractivity contribution is 7.89. The molecule has 0 aromatic heterocycles. The average molecular weight is 451 g/mol. The Morgan fingerprint density at radius 2 is 1.67 bits per heavy atom. The summed E-state index contributed by atoms with van der Waals surface area (Å²) in [5.74, 6) is -0.309. The molecule has 2 aromatic rings. The van der Waals surface area contributed by atoms with E-state index in [2.05, 4.69) is 5.32 Å². The van der Waals surface area contributed by atoms with Crippen LogP contribution in [0, 0.1) is 20.8 Å². The Morgan fingerprint density at radius 1 is 1.10 bits per heavy atom. The van der Waals surface area contributed by atoms with Gasteiger partial charge in [-0.1, -0.05) is 54.8 Å². The first-order valence-electron chi connectivity index (χ1n) is 10.2. The second kappa shape index (κ2) is 10.4. The standard InChI is InChI=1S/C23H31ClN2O3S/c1-6-7-19(5)25-22(27)15-26(14-20-8-10-21(24)11-9-20)30(28,29)23-17(3)12-16(2)13-18(23)4/h8-13,19H,6-7,14-15H2,1-5H3,(H,25,27)/t19-/m1/s1. The van der Waals surface area contributed by atoms with Gasteiger partial charge in [-0.25, -0.2) is 8.42 Å². The molecule has 164 valence electrons. The molecule has 0 aliphatic rings. The number of amides is 1. The van der Waals surface area contributed by atoms with E-state index in [1.807, 2.05) is 32.9 Å². The Balaban J connectivity index is 2.41. The molecule has 1 N–H and O–H groups in total. The van der Waals surface area contributed by atoms with Crippen LogP contribution in [0.4, 0.5) is 0 Å². The topological polar surface area (TPSA) is 66.5 Å². The lowest BCUT2D eigenvalue weighted by molar-refractivity contribution is -0.122. The van der Waals surface area contributed by atoms with Crippen LogP contribution in [-0.4, -0.2) is 31.2 Å². The zero-order chi connectivity index (χ0) is 22.5. The molecule has 0 unspecified atom stereocenters. The van der Waals surface area contributed by atoms with Crippen LogP contribution in [0.25, 0.3) is 0 Å². The summed E-state index contributed by atoms with van der Waals surface area (Å²) in [6, 6.07) is 10.7. The smallest absolute Gasteiger partial charge is 0.244 e. The maximum atomic E-state index is 13.6. The fourth-order valence-corrected chi connectivity index (χ4v) is 5.63. The molecule has 0 heterocycles. The molecule has 1 atom stereocenters. The van der Waals surface area contributed by atoms with Crippen LogP contribution >= 0.6 is 11.6 Å². The number of benzene rings is 2. The third kappa shape index (κ3) is 6.30. The van der Waals surface area contributed by atoms with E-state index in [1.165, 1.54) is 4.31 Å². The zero-order valence-corrected chi connectivity index (χ0v) is 19.9. The Labute approximate surface area is 185 Å². The van der Waals surface area contributed by atoms with Gasteiger partial charge in [0.05, 0.1) is 11.4 Å². The Hall–Kier alpha value is -1.89. The molecule has 2 rings (SSSR count). The van der Waals surface area contributed by atoms with E-state index in [-0.39, 0.29) is 29.9 Å². The van der Waals surface area contributed by atoms with Gasteiger partial charge < -0.3 is 5.32 Å². The summed E-state index contributed by atoms with van der Waals surface area (Å²) in [6.07, 6.45) is 1.78. The summed E-state index contributed by atoms with van der Waals surface area (Å²) in [5.41, 5.74) is 3.11. The first kappa shape index (κ1) is 24.4. The monoisotopic (exact) mass is 450 g/mol. The number of carbonyl (C=O) groups excluding carboxylic acids is 1. The minimum absolute atomic E-state index is 0.00886. The minimum Gasteiger partial charge on any atom is -0.353 e. The Morgan fingerprint density at radius 3 is 2.20 bits per heavy atom. The van der Waals surface area contributed by atoms with Crippen molar-refractivity contribution in [3.8, 4) is 0 Å². The molecule has 0 spiro atoms. The lowest BCUT2D eigenvalue weighted by Crippen LogP contribution is -2.43. The molecule has 0 saturated carbocycles. The average Bonchev–Trinajstić information content (AvgIpc) is 2.61. The summed E-state index contributed by atoms with van der Waals surface area (Å²) >= 11 is 5.97. The molecule has 0 bridgehead atoms. The second-order valence-electron chi connectivity index (χ2n) is 7.88. The van der Waals surface area contributed by atoms with Crippen LogP contribution in [0.2, 0.25) is 5.02 Å². The Kier molecular flexibility index (Phi) is 8.47. The quantitative estimate of drug-likeness (QED) is 0.598. The first-order valence-corrected chi connectivity index (χ1v) is 12.0. The third-order valence-corrected chi connectivity index (χ3v) is 7.27. The molecule has 0 fully saturated rings. The highest BCUT2D eigenvalue weighted by Gasteiger charge is 2.30. The maximum absolute atomic E-state index is 13.6. The Bertz CT molecular complexity index is 965. The van der Waals surface area contributed by atoms with Gasteiger partial charge in [-0.2, -0.15) is 4.31 Å². The van der Waals surface area contributed by atoms with Gasteiger partial charge in [-0.3, -0.25) is 4.79 Å². The highest BCUT2D eigenvalue weighted by atomic mass is 35.5. The van der Waals surface area contributed by atoms with Gasteiger partial charge in [0.1, 0.15) is 0 Å². The molecule has 0 radical (unpaired) electrons. The van der Waals surface area contributed by atoms with Crippen molar-refractivity contribution in [3.05, 3.63) is 63.7 Å². The van der Waals surface area contributed by atoms with E-state index in [0.717, 1.165) is 24.0 Å².